The molecule has 0 bridgehead atoms. The molecule has 0 N–H and O–H groups in total. The normalized spacial score (nSPS) is 14.7. The Kier molecular flexibility index (Phi) is 4.13. The van der Waals surface area contributed by atoms with Crippen LogP contribution in [0.4, 0.5) is 4.79 Å². The number of amides is 2. The Morgan fingerprint density at radius 3 is 2.68 bits per heavy atom. The third-order valence-corrected chi connectivity index (χ3v) is 4.01. The third-order valence-electron chi connectivity index (χ3n) is 4.01. The zero-order valence-corrected chi connectivity index (χ0v) is 13.0. The Morgan fingerprint density at radius 1 is 1.23 bits per heavy atom. The molecule has 0 atom stereocenters. The molecular weight excluding hydrogens is 278 g/mol. The second-order valence-corrected chi connectivity index (χ2v) is 5.44. The summed E-state index contributed by atoms with van der Waals surface area (Å²) >= 11 is 0. The van der Waals surface area contributed by atoms with Gasteiger partial charge in [-0.25, -0.2) is 9.78 Å². The van der Waals surface area contributed by atoms with Crippen molar-refractivity contribution in [1.82, 2.24) is 14.8 Å². The molecule has 1 aromatic heterocycles. The summed E-state index contributed by atoms with van der Waals surface area (Å²) in [5, 5.41) is 1.10. The second-order valence-electron chi connectivity index (χ2n) is 5.44. The van der Waals surface area contributed by atoms with Crippen LogP contribution in [-0.2, 0) is 0 Å². The molecule has 1 aliphatic heterocycles. The quantitative estimate of drug-likeness (QED) is 0.872. The number of rotatable bonds is 4. The molecule has 0 unspecified atom stereocenters. The fourth-order valence-corrected chi connectivity index (χ4v) is 2.65. The van der Waals surface area contributed by atoms with Crippen LogP contribution in [0, 0.1) is 0 Å². The minimum absolute atomic E-state index is 0.0353. The summed E-state index contributed by atoms with van der Waals surface area (Å²) in [6.45, 7) is 6.73. The monoisotopic (exact) mass is 299 g/mol. The van der Waals surface area contributed by atoms with E-state index >= 15 is 0 Å². The molecule has 2 aromatic rings. The van der Waals surface area contributed by atoms with E-state index in [1.54, 1.807) is 0 Å². The number of pyridine rings is 1. The molecule has 1 fully saturated rings. The average molecular weight is 299 g/mol. The SMILES string of the molecule is CCN(CC)C(=O)N1CC(Oc2ccc3ccccc3n2)C1. The molecule has 1 saturated heterocycles. The minimum atomic E-state index is 0.0353. The highest BCUT2D eigenvalue weighted by Gasteiger charge is 2.34. The van der Waals surface area contributed by atoms with Crippen LogP contribution >= 0.6 is 0 Å². The highest BCUT2D eigenvalue weighted by Crippen LogP contribution is 2.20. The standard InChI is InChI=1S/C17H21N3O2/c1-3-19(4-2)17(21)20-11-14(12-20)22-16-10-9-13-7-5-6-8-15(13)18-16/h5-10,14H,3-4,11-12H2,1-2H3. The first-order valence-electron chi connectivity index (χ1n) is 7.77. The molecule has 116 valence electrons. The van der Waals surface area contributed by atoms with Gasteiger partial charge in [-0.15, -0.1) is 0 Å². The maximum Gasteiger partial charge on any atom is 0.320 e. The number of para-hydroxylation sites is 1. The minimum Gasteiger partial charge on any atom is -0.471 e. The fourth-order valence-electron chi connectivity index (χ4n) is 2.65. The van der Waals surface area contributed by atoms with Gasteiger partial charge in [0.1, 0.15) is 6.10 Å². The van der Waals surface area contributed by atoms with Crippen molar-refractivity contribution in [2.75, 3.05) is 26.2 Å². The van der Waals surface area contributed by atoms with Crippen LogP contribution in [0.1, 0.15) is 13.8 Å². The molecule has 1 aliphatic rings. The van der Waals surface area contributed by atoms with Crippen molar-refractivity contribution in [3.63, 3.8) is 0 Å². The molecule has 0 radical (unpaired) electrons. The van der Waals surface area contributed by atoms with Gasteiger partial charge in [0.2, 0.25) is 5.88 Å². The van der Waals surface area contributed by atoms with Gasteiger partial charge in [-0.3, -0.25) is 0 Å². The van der Waals surface area contributed by atoms with Crippen LogP contribution in [-0.4, -0.2) is 53.1 Å². The molecular formula is C17H21N3O2. The van der Waals surface area contributed by atoms with Crippen molar-refractivity contribution in [2.45, 2.75) is 20.0 Å². The van der Waals surface area contributed by atoms with Crippen molar-refractivity contribution < 1.29 is 9.53 Å². The lowest BCUT2D eigenvalue weighted by Crippen LogP contribution is -2.59. The molecule has 3 rings (SSSR count). The lowest BCUT2D eigenvalue weighted by Gasteiger charge is -2.40. The molecule has 2 amide bonds. The van der Waals surface area contributed by atoms with Gasteiger partial charge in [0.15, 0.2) is 0 Å². The number of fused-ring (bicyclic) bond motifs is 1. The summed E-state index contributed by atoms with van der Waals surface area (Å²) in [5.41, 5.74) is 0.926. The zero-order valence-electron chi connectivity index (χ0n) is 13.0. The van der Waals surface area contributed by atoms with E-state index in [0.29, 0.717) is 19.0 Å². The van der Waals surface area contributed by atoms with E-state index in [2.05, 4.69) is 4.98 Å². The van der Waals surface area contributed by atoms with Gasteiger partial charge in [0.05, 0.1) is 18.6 Å². The van der Waals surface area contributed by atoms with Crippen LogP contribution in [0.25, 0.3) is 10.9 Å². The Bertz CT molecular complexity index is 664. The van der Waals surface area contributed by atoms with E-state index in [0.717, 1.165) is 24.0 Å². The van der Waals surface area contributed by atoms with Crippen LogP contribution in [0.2, 0.25) is 0 Å². The first-order chi connectivity index (χ1) is 10.7. The fraction of sp³-hybridized carbons (Fsp3) is 0.412. The number of ether oxygens (including phenoxy) is 1. The van der Waals surface area contributed by atoms with Crippen molar-refractivity contribution in [3.8, 4) is 5.88 Å². The molecule has 0 aliphatic carbocycles. The van der Waals surface area contributed by atoms with Crippen molar-refractivity contribution >= 4 is 16.9 Å². The Hall–Kier alpha value is -2.30. The zero-order chi connectivity index (χ0) is 15.5. The van der Waals surface area contributed by atoms with Crippen LogP contribution in [0.5, 0.6) is 5.88 Å². The van der Waals surface area contributed by atoms with E-state index in [1.807, 2.05) is 60.0 Å². The first kappa shape index (κ1) is 14.6. The van der Waals surface area contributed by atoms with Crippen molar-refractivity contribution in [3.05, 3.63) is 36.4 Å². The van der Waals surface area contributed by atoms with E-state index in [9.17, 15) is 4.79 Å². The smallest absolute Gasteiger partial charge is 0.320 e. The largest absolute Gasteiger partial charge is 0.471 e. The second kappa shape index (κ2) is 6.22. The molecule has 1 aromatic carbocycles. The van der Waals surface area contributed by atoms with Crippen molar-refractivity contribution in [2.24, 2.45) is 0 Å². The Balaban J connectivity index is 1.58. The highest BCUT2D eigenvalue weighted by molar-refractivity contribution is 5.78. The van der Waals surface area contributed by atoms with E-state index in [-0.39, 0.29) is 12.1 Å². The summed E-state index contributed by atoms with van der Waals surface area (Å²) in [7, 11) is 0. The van der Waals surface area contributed by atoms with Crippen molar-refractivity contribution in [1.29, 1.82) is 0 Å². The van der Waals surface area contributed by atoms with Gasteiger partial charge in [-0.1, -0.05) is 18.2 Å². The number of nitrogens with zero attached hydrogens (tertiary/aromatic N) is 3. The van der Waals surface area contributed by atoms with Gasteiger partial charge >= 0.3 is 6.03 Å². The molecule has 0 spiro atoms. The summed E-state index contributed by atoms with van der Waals surface area (Å²) in [6, 6.07) is 11.9. The highest BCUT2D eigenvalue weighted by atomic mass is 16.5. The van der Waals surface area contributed by atoms with E-state index in [4.69, 9.17) is 4.74 Å². The van der Waals surface area contributed by atoms with Gasteiger partial charge in [-0.05, 0) is 26.0 Å². The predicted octanol–water partition coefficient (Wildman–Crippen LogP) is 2.76. The summed E-state index contributed by atoms with van der Waals surface area (Å²) in [4.78, 5) is 20.3. The lowest BCUT2D eigenvalue weighted by atomic mass is 10.2. The number of carbonyl (C=O) groups excluding carboxylic acids is 1. The number of aromatic nitrogens is 1. The first-order valence-corrected chi connectivity index (χ1v) is 7.77. The van der Waals surface area contributed by atoms with Gasteiger partial charge in [-0.2, -0.15) is 0 Å². The predicted molar refractivity (Wildman–Crippen MR) is 86.0 cm³/mol. The lowest BCUT2D eigenvalue weighted by molar-refractivity contribution is 0.0295. The maximum absolute atomic E-state index is 12.1. The topological polar surface area (TPSA) is 45.7 Å². The van der Waals surface area contributed by atoms with Gasteiger partial charge in [0.25, 0.3) is 0 Å². The van der Waals surface area contributed by atoms with Gasteiger partial charge < -0.3 is 14.5 Å². The molecule has 5 nitrogen and oxygen atoms in total. The Labute approximate surface area is 130 Å². The third kappa shape index (κ3) is 2.84. The molecule has 22 heavy (non-hydrogen) atoms. The van der Waals surface area contributed by atoms with E-state index in [1.165, 1.54) is 0 Å². The molecule has 2 heterocycles. The Morgan fingerprint density at radius 2 is 1.95 bits per heavy atom. The van der Waals surface area contributed by atoms with Crippen LogP contribution < -0.4 is 4.74 Å². The number of hydrogen-bond acceptors (Lipinski definition) is 3. The number of carbonyl (C=O) groups is 1. The van der Waals surface area contributed by atoms with Gasteiger partial charge in [0, 0.05) is 24.5 Å². The number of urea groups is 1. The summed E-state index contributed by atoms with van der Waals surface area (Å²) < 4.78 is 5.86. The number of benzene rings is 1. The van der Waals surface area contributed by atoms with Crippen LogP contribution in [0.3, 0.4) is 0 Å². The maximum atomic E-state index is 12.1. The van der Waals surface area contributed by atoms with Crippen LogP contribution in [0.15, 0.2) is 36.4 Å². The molecule has 0 saturated carbocycles. The molecule has 5 heteroatoms. The summed E-state index contributed by atoms with van der Waals surface area (Å²) in [5.74, 6) is 0.624. The number of likely N-dealkylation sites (tertiary alicyclic amines) is 1. The summed E-state index contributed by atoms with van der Waals surface area (Å²) in [6.07, 6.45) is 0.0353. The average Bonchev–Trinajstić information content (AvgIpc) is 2.51. The van der Waals surface area contributed by atoms with E-state index < -0.39 is 0 Å². The number of hydrogen-bond donors (Lipinski definition) is 0.